The Bertz CT molecular complexity index is 681. The molecule has 5 heteroatoms. The first-order chi connectivity index (χ1) is 11.0. The van der Waals surface area contributed by atoms with Gasteiger partial charge >= 0.3 is 0 Å². The van der Waals surface area contributed by atoms with E-state index in [0.717, 1.165) is 6.42 Å². The van der Waals surface area contributed by atoms with Crippen molar-refractivity contribution in [3.63, 3.8) is 0 Å². The highest BCUT2D eigenvalue weighted by atomic mass is 16.2. The molecular formula is C18H21N3O2. The Kier molecular flexibility index (Phi) is 5.86. The molecule has 5 nitrogen and oxygen atoms in total. The molecule has 0 fully saturated rings. The Labute approximate surface area is 136 Å². The third-order valence-electron chi connectivity index (χ3n) is 3.42. The van der Waals surface area contributed by atoms with Crippen LogP contribution in [0.2, 0.25) is 0 Å². The fourth-order valence-electron chi connectivity index (χ4n) is 2.11. The summed E-state index contributed by atoms with van der Waals surface area (Å²) in [6.45, 7) is 4.39. The molecule has 2 amide bonds. The van der Waals surface area contributed by atoms with Crippen molar-refractivity contribution in [1.82, 2.24) is 15.6 Å². The van der Waals surface area contributed by atoms with Gasteiger partial charge in [0.05, 0.1) is 12.2 Å². The number of nitrogens with zero attached hydrogens (tertiary/aromatic N) is 1. The number of benzene rings is 1. The van der Waals surface area contributed by atoms with Gasteiger partial charge in [-0.05, 0) is 31.0 Å². The van der Waals surface area contributed by atoms with Crippen molar-refractivity contribution in [3.05, 3.63) is 65.0 Å². The highest BCUT2D eigenvalue weighted by molar-refractivity contribution is 5.94. The summed E-state index contributed by atoms with van der Waals surface area (Å²) in [6.07, 6.45) is 2.36. The summed E-state index contributed by atoms with van der Waals surface area (Å²) in [5.74, 6) is -0.261. The zero-order valence-electron chi connectivity index (χ0n) is 13.4. The molecule has 23 heavy (non-hydrogen) atoms. The first kappa shape index (κ1) is 16.7. The van der Waals surface area contributed by atoms with Crippen LogP contribution < -0.4 is 10.6 Å². The molecular weight excluding hydrogens is 290 g/mol. The van der Waals surface area contributed by atoms with Gasteiger partial charge < -0.3 is 10.6 Å². The predicted octanol–water partition coefficient (Wildman–Crippen LogP) is 2.00. The molecule has 0 bridgehead atoms. The number of hydrogen-bond acceptors (Lipinski definition) is 3. The second-order valence-corrected chi connectivity index (χ2v) is 5.44. The normalized spacial score (nSPS) is 10.2. The average molecular weight is 311 g/mol. The molecule has 0 atom stereocenters. The highest BCUT2D eigenvalue weighted by Gasteiger charge is 2.07. The molecule has 0 saturated heterocycles. The van der Waals surface area contributed by atoms with E-state index in [2.05, 4.69) is 39.9 Å². The number of aromatic nitrogens is 1. The van der Waals surface area contributed by atoms with Crippen molar-refractivity contribution < 1.29 is 9.59 Å². The smallest absolute Gasteiger partial charge is 0.251 e. The third kappa shape index (κ3) is 5.54. The van der Waals surface area contributed by atoms with Crippen molar-refractivity contribution in [1.29, 1.82) is 0 Å². The van der Waals surface area contributed by atoms with E-state index in [-0.39, 0.29) is 11.8 Å². The summed E-state index contributed by atoms with van der Waals surface area (Å²) in [7, 11) is 0. The van der Waals surface area contributed by atoms with Crippen LogP contribution in [0.1, 0.15) is 34.1 Å². The molecule has 1 heterocycles. The van der Waals surface area contributed by atoms with Crippen LogP contribution in [0.25, 0.3) is 0 Å². The summed E-state index contributed by atoms with van der Waals surface area (Å²) in [6, 6.07) is 11.6. The Balaban J connectivity index is 1.86. The van der Waals surface area contributed by atoms with Crippen molar-refractivity contribution in [2.24, 2.45) is 0 Å². The summed E-state index contributed by atoms with van der Waals surface area (Å²) >= 11 is 0. The van der Waals surface area contributed by atoms with Crippen LogP contribution in [0.4, 0.5) is 0 Å². The van der Waals surface area contributed by atoms with Gasteiger partial charge in [-0.25, -0.2) is 0 Å². The van der Waals surface area contributed by atoms with Gasteiger partial charge in [0.1, 0.15) is 0 Å². The fraction of sp³-hybridized carbons (Fsp3) is 0.278. The lowest BCUT2D eigenvalue weighted by Crippen LogP contribution is -2.26. The van der Waals surface area contributed by atoms with Crippen LogP contribution in [-0.4, -0.2) is 23.3 Å². The van der Waals surface area contributed by atoms with E-state index >= 15 is 0 Å². The van der Waals surface area contributed by atoms with Crippen molar-refractivity contribution in [2.75, 3.05) is 6.54 Å². The van der Waals surface area contributed by atoms with Crippen LogP contribution in [0.3, 0.4) is 0 Å². The average Bonchev–Trinajstić information content (AvgIpc) is 2.55. The first-order valence-corrected chi connectivity index (χ1v) is 7.57. The maximum absolute atomic E-state index is 12.2. The molecule has 0 saturated carbocycles. The SMILES string of the molecule is CC(=O)NCc1cc(C(=O)NCCc2ccc(C)cc2)ccn1. The van der Waals surface area contributed by atoms with Gasteiger partial charge in [0.15, 0.2) is 0 Å². The number of rotatable bonds is 6. The largest absolute Gasteiger partial charge is 0.352 e. The Morgan fingerprint density at radius 2 is 1.83 bits per heavy atom. The zero-order chi connectivity index (χ0) is 16.7. The maximum Gasteiger partial charge on any atom is 0.251 e. The van der Waals surface area contributed by atoms with E-state index in [0.29, 0.717) is 24.3 Å². The molecule has 2 N–H and O–H groups in total. The van der Waals surface area contributed by atoms with Crippen LogP contribution in [0, 0.1) is 6.92 Å². The van der Waals surface area contributed by atoms with Gasteiger partial charge in [-0.2, -0.15) is 0 Å². The third-order valence-corrected chi connectivity index (χ3v) is 3.42. The summed E-state index contributed by atoms with van der Waals surface area (Å²) in [5, 5.41) is 5.56. The molecule has 0 aliphatic rings. The molecule has 0 aliphatic heterocycles. The topological polar surface area (TPSA) is 71.1 Å². The van der Waals surface area contributed by atoms with E-state index in [9.17, 15) is 9.59 Å². The van der Waals surface area contributed by atoms with E-state index in [4.69, 9.17) is 0 Å². The number of hydrogen-bond donors (Lipinski definition) is 2. The quantitative estimate of drug-likeness (QED) is 0.857. The van der Waals surface area contributed by atoms with E-state index < -0.39 is 0 Å². The van der Waals surface area contributed by atoms with Crippen molar-refractivity contribution >= 4 is 11.8 Å². The fourth-order valence-corrected chi connectivity index (χ4v) is 2.11. The Hall–Kier alpha value is -2.69. The standard InChI is InChI=1S/C18H21N3O2/c1-13-3-5-15(6-4-13)7-9-20-18(23)16-8-10-19-17(11-16)12-21-14(2)22/h3-6,8,10-11H,7,9,12H2,1-2H3,(H,20,23)(H,21,22). The van der Waals surface area contributed by atoms with Gasteiger partial charge in [0.25, 0.3) is 5.91 Å². The molecule has 1 aromatic carbocycles. The molecule has 0 radical (unpaired) electrons. The molecule has 2 rings (SSSR count). The minimum absolute atomic E-state index is 0.125. The van der Waals surface area contributed by atoms with Crippen LogP contribution in [-0.2, 0) is 17.8 Å². The zero-order valence-corrected chi connectivity index (χ0v) is 13.4. The molecule has 120 valence electrons. The second kappa shape index (κ2) is 8.08. The summed E-state index contributed by atoms with van der Waals surface area (Å²) in [5.41, 5.74) is 3.62. The van der Waals surface area contributed by atoms with Crippen LogP contribution in [0.15, 0.2) is 42.6 Å². The number of pyridine rings is 1. The van der Waals surface area contributed by atoms with E-state index in [1.54, 1.807) is 18.3 Å². The highest BCUT2D eigenvalue weighted by Crippen LogP contribution is 2.04. The molecule has 0 unspecified atom stereocenters. The number of nitrogens with one attached hydrogen (secondary N) is 2. The summed E-state index contributed by atoms with van der Waals surface area (Å²) in [4.78, 5) is 27.2. The van der Waals surface area contributed by atoms with Crippen molar-refractivity contribution in [2.45, 2.75) is 26.8 Å². The van der Waals surface area contributed by atoms with Crippen LogP contribution in [0.5, 0.6) is 0 Å². The van der Waals surface area contributed by atoms with Gasteiger partial charge in [0.2, 0.25) is 5.91 Å². The predicted molar refractivity (Wildman–Crippen MR) is 89.0 cm³/mol. The lowest BCUT2D eigenvalue weighted by atomic mass is 10.1. The van der Waals surface area contributed by atoms with Gasteiger partial charge in [-0.15, -0.1) is 0 Å². The maximum atomic E-state index is 12.2. The number of aryl methyl sites for hydroxylation is 1. The minimum atomic E-state index is -0.136. The van der Waals surface area contributed by atoms with Crippen molar-refractivity contribution in [3.8, 4) is 0 Å². The number of amides is 2. The Morgan fingerprint density at radius 1 is 1.09 bits per heavy atom. The van der Waals surface area contributed by atoms with Gasteiger partial charge in [-0.1, -0.05) is 29.8 Å². The lowest BCUT2D eigenvalue weighted by Gasteiger charge is -2.07. The Morgan fingerprint density at radius 3 is 2.52 bits per heavy atom. The van der Waals surface area contributed by atoms with Gasteiger partial charge in [0, 0.05) is 25.2 Å². The molecule has 0 spiro atoms. The molecule has 2 aromatic rings. The monoisotopic (exact) mass is 311 g/mol. The summed E-state index contributed by atoms with van der Waals surface area (Å²) < 4.78 is 0. The minimum Gasteiger partial charge on any atom is -0.352 e. The second-order valence-electron chi connectivity index (χ2n) is 5.44. The van der Waals surface area contributed by atoms with E-state index in [1.807, 2.05) is 6.92 Å². The van der Waals surface area contributed by atoms with Gasteiger partial charge in [-0.3, -0.25) is 14.6 Å². The van der Waals surface area contributed by atoms with E-state index in [1.165, 1.54) is 18.1 Å². The lowest BCUT2D eigenvalue weighted by molar-refractivity contribution is -0.119. The molecule has 0 aliphatic carbocycles. The number of carbonyl (C=O) groups excluding carboxylic acids is 2. The van der Waals surface area contributed by atoms with Crippen LogP contribution >= 0.6 is 0 Å². The number of carbonyl (C=O) groups is 2. The molecule has 1 aromatic heterocycles. The first-order valence-electron chi connectivity index (χ1n) is 7.57.